The number of amides is 1. The fraction of sp³-hybridized carbons (Fsp3) is 0.0500. The van der Waals surface area contributed by atoms with E-state index >= 15 is 0 Å². The minimum Gasteiger partial charge on any atom is -0.290 e. The Morgan fingerprint density at radius 1 is 1.15 bits per heavy atom. The number of thiazole rings is 1. The summed E-state index contributed by atoms with van der Waals surface area (Å²) in [5.41, 5.74) is 3.71. The van der Waals surface area contributed by atoms with Gasteiger partial charge in [0.1, 0.15) is 5.82 Å². The number of benzene rings is 2. The Bertz CT molecular complexity index is 1130. The van der Waals surface area contributed by atoms with Gasteiger partial charge in [-0.15, -0.1) is 16.4 Å². The van der Waals surface area contributed by atoms with Crippen molar-refractivity contribution in [3.63, 3.8) is 0 Å². The number of aryl methyl sites for hydroxylation is 1. The molecule has 0 aliphatic carbocycles. The van der Waals surface area contributed by atoms with Gasteiger partial charge >= 0.3 is 0 Å². The highest BCUT2D eigenvalue weighted by Gasteiger charge is 2.12. The molecule has 4 aromatic rings. The number of hydrogen-bond acceptors (Lipinski definition) is 4. The van der Waals surface area contributed by atoms with E-state index in [1.165, 1.54) is 29.5 Å². The van der Waals surface area contributed by atoms with Crippen molar-refractivity contribution in [2.45, 2.75) is 6.92 Å². The summed E-state index contributed by atoms with van der Waals surface area (Å²) in [6.07, 6.45) is 3.18. The largest absolute Gasteiger partial charge is 0.290 e. The average molecular weight is 378 g/mol. The van der Waals surface area contributed by atoms with Crippen molar-refractivity contribution in [1.29, 1.82) is 0 Å². The van der Waals surface area contributed by atoms with E-state index in [0.29, 0.717) is 4.96 Å². The second kappa shape index (κ2) is 7.13. The standard InChI is InChI=1S/C20H15FN4OS/c1-13-2-4-14(5-3-13)6-11-18(26)22-19-23-20-25(24-19)17(12-27-20)15-7-9-16(21)10-8-15/h2-12H,1H3,(H,22,24,26)/b11-6+. The normalized spacial score (nSPS) is 11.3. The number of carbonyl (C=O) groups excluding carboxylic acids is 1. The number of aromatic nitrogens is 3. The highest BCUT2D eigenvalue weighted by Crippen LogP contribution is 2.26. The lowest BCUT2D eigenvalue weighted by Gasteiger charge is -1.98. The van der Waals surface area contributed by atoms with E-state index in [1.54, 1.807) is 22.7 Å². The van der Waals surface area contributed by atoms with Crippen LogP contribution in [-0.4, -0.2) is 20.5 Å². The maximum Gasteiger partial charge on any atom is 0.250 e. The molecule has 0 spiro atoms. The van der Waals surface area contributed by atoms with Crippen molar-refractivity contribution in [3.8, 4) is 11.3 Å². The predicted octanol–water partition coefficient (Wildman–Crippen LogP) is 4.56. The number of carbonyl (C=O) groups is 1. The first-order chi connectivity index (χ1) is 13.1. The van der Waals surface area contributed by atoms with Crippen LogP contribution < -0.4 is 5.32 Å². The molecule has 1 N–H and O–H groups in total. The highest BCUT2D eigenvalue weighted by molar-refractivity contribution is 7.15. The van der Waals surface area contributed by atoms with Gasteiger partial charge in [0.25, 0.3) is 11.9 Å². The molecule has 2 heterocycles. The Balaban J connectivity index is 1.52. The first-order valence-electron chi connectivity index (χ1n) is 8.24. The lowest BCUT2D eigenvalue weighted by Crippen LogP contribution is -2.09. The Labute approximate surface area is 158 Å². The monoisotopic (exact) mass is 378 g/mol. The summed E-state index contributed by atoms with van der Waals surface area (Å²) >= 11 is 1.40. The Hall–Kier alpha value is -3.32. The third-order valence-corrected chi connectivity index (χ3v) is 4.78. The van der Waals surface area contributed by atoms with Gasteiger partial charge in [-0.1, -0.05) is 29.8 Å². The number of hydrogen-bond donors (Lipinski definition) is 1. The lowest BCUT2D eigenvalue weighted by atomic mass is 10.1. The van der Waals surface area contributed by atoms with Crippen LogP contribution in [0.25, 0.3) is 22.3 Å². The molecule has 2 aromatic carbocycles. The third kappa shape index (κ3) is 3.78. The Morgan fingerprint density at radius 3 is 2.63 bits per heavy atom. The van der Waals surface area contributed by atoms with Gasteiger partial charge in [-0.25, -0.2) is 8.91 Å². The van der Waals surface area contributed by atoms with Crippen molar-refractivity contribution < 1.29 is 9.18 Å². The number of rotatable bonds is 4. The molecule has 27 heavy (non-hydrogen) atoms. The van der Waals surface area contributed by atoms with Crippen LogP contribution in [0.4, 0.5) is 10.3 Å². The van der Waals surface area contributed by atoms with Gasteiger partial charge in [0.15, 0.2) is 0 Å². The maximum absolute atomic E-state index is 13.1. The van der Waals surface area contributed by atoms with E-state index in [0.717, 1.165) is 22.4 Å². The molecule has 7 heteroatoms. The van der Waals surface area contributed by atoms with Crippen LogP contribution in [0.3, 0.4) is 0 Å². The summed E-state index contributed by atoms with van der Waals surface area (Å²) in [5, 5.41) is 8.89. The zero-order valence-corrected chi connectivity index (χ0v) is 15.2. The van der Waals surface area contributed by atoms with Crippen LogP contribution in [0.2, 0.25) is 0 Å². The van der Waals surface area contributed by atoms with E-state index in [-0.39, 0.29) is 17.7 Å². The zero-order chi connectivity index (χ0) is 18.8. The van der Waals surface area contributed by atoms with E-state index in [4.69, 9.17) is 0 Å². The van der Waals surface area contributed by atoms with Gasteiger partial charge < -0.3 is 0 Å². The van der Waals surface area contributed by atoms with Crippen molar-refractivity contribution in [2.75, 3.05) is 5.32 Å². The zero-order valence-electron chi connectivity index (χ0n) is 14.4. The maximum atomic E-state index is 13.1. The van der Waals surface area contributed by atoms with Gasteiger partial charge in [-0.2, -0.15) is 4.98 Å². The summed E-state index contributed by atoms with van der Waals surface area (Å²) < 4.78 is 14.8. The topological polar surface area (TPSA) is 59.3 Å². The molecule has 0 aliphatic rings. The van der Waals surface area contributed by atoms with Gasteiger partial charge in [-0.05, 0) is 42.8 Å². The van der Waals surface area contributed by atoms with Crippen LogP contribution >= 0.6 is 11.3 Å². The van der Waals surface area contributed by atoms with Crippen LogP contribution in [0, 0.1) is 12.7 Å². The molecule has 0 aliphatic heterocycles. The molecule has 2 aromatic heterocycles. The summed E-state index contributed by atoms with van der Waals surface area (Å²) in [5.74, 6) is -0.377. The minimum atomic E-state index is -0.308. The first-order valence-corrected chi connectivity index (χ1v) is 9.12. The predicted molar refractivity (Wildman–Crippen MR) is 105 cm³/mol. The molecule has 0 bridgehead atoms. The van der Waals surface area contributed by atoms with E-state index in [1.807, 2.05) is 36.6 Å². The fourth-order valence-electron chi connectivity index (χ4n) is 2.55. The molecule has 134 valence electrons. The summed E-state index contributed by atoms with van der Waals surface area (Å²) in [7, 11) is 0. The molecule has 0 saturated heterocycles. The molecule has 4 rings (SSSR count). The summed E-state index contributed by atoms with van der Waals surface area (Å²) in [6, 6.07) is 14.0. The molecular weight excluding hydrogens is 363 g/mol. The smallest absolute Gasteiger partial charge is 0.250 e. The minimum absolute atomic E-state index is 0.226. The van der Waals surface area contributed by atoms with E-state index < -0.39 is 0 Å². The molecular formula is C20H15FN4OS. The Kier molecular flexibility index (Phi) is 4.52. The van der Waals surface area contributed by atoms with E-state index in [2.05, 4.69) is 15.4 Å². The fourth-order valence-corrected chi connectivity index (χ4v) is 3.39. The van der Waals surface area contributed by atoms with Crippen LogP contribution in [0.5, 0.6) is 0 Å². The lowest BCUT2D eigenvalue weighted by molar-refractivity contribution is -0.111. The van der Waals surface area contributed by atoms with Gasteiger partial charge in [0.05, 0.1) is 5.69 Å². The van der Waals surface area contributed by atoms with Crippen molar-refractivity contribution in [2.24, 2.45) is 0 Å². The SMILES string of the molecule is Cc1ccc(/C=C/C(=O)Nc2nc3scc(-c4ccc(F)cc4)n3n2)cc1. The number of nitrogens with zero attached hydrogens (tertiary/aromatic N) is 3. The molecule has 1 amide bonds. The van der Waals surface area contributed by atoms with Gasteiger partial charge in [0, 0.05) is 17.0 Å². The third-order valence-electron chi connectivity index (χ3n) is 3.96. The summed E-state index contributed by atoms with van der Waals surface area (Å²) in [4.78, 5) is 17.1. The molecule has 0 fully saturated rings. The number of halogens is 1. The van der Waals surface area contributed by atoms with E-state index in [9.17, 15) is 9.18 Å². The van der Waals surface area contributed by atoms with Crippen molar-refractivity contribution in [1.82, 2.24) is 14.6 Å². The molecule has 0 unspecified atom stereocenters. The summed E-state index contributed by atoms with van der Waals surface area (Å²) in [6.45, 7) is 2.01. The van der Waals surface area contributed by atoms with Gasteiger partial charge in [0.2, 0.25) is 4.96 Å². The Morgan fingerprint density at radius 2 is 1.89 bits per heavy atom. The first kappa shape index (κ1) is 17.1. The van der Waals surface area contributed by atoms with Crippen LogP contribution in [-0.2, 0) is 4.79 Å². The molecule has 0 atom stereocenters. The van der Waals surface area contributed by atoms with Crippen molar-refractivity contribution >= 4 is 34.2 Å². The van der Waals surface area contributed by atoms with Crippen molar-refractivity contribution in [3.05, 3.63) is 76.9 Å². The number of nitrogens with one attached hydrogen (secondary N) is 1. The number of anilines is 1. The second-order valence-corrected chi connectivity index (χ2v) is 6.83. The second-order valence-electron chi connectivity index (χ2n) is 5.99. The molecule has 5 nitrogen and oxygen atoms in total. The molecule has 0 saturated carbocycles. The molecule has 0 radical (unpaired) electrons. The quantitative estimate of drug-likeness (QED) is 0.530. The van der Waals surface area contributed by atoms with Gasteiger partial charge in [-0.3, -0.25) is 10.1 Å². The van der Waals surface area contributed by atoms with Crippen LogP contribution in [0.15, 0.2) is 60.0 Å². The highest BCUT2D eigenvalue weighted by atomic mass is 32.1. The van der Waals surface area contributed by atoms with Crippen LogP contribution in [0.1, 0.15) is 11.1 Å². The number of fused-ring (bicyclic) bond motifs is 1. The average Bonchev–Trinajstić information content (AvgIpc) is 3.22.